The van der Waals surface area contributed by atoms with Crippen LogP contribution in [0.5, 0.6) is 0 Å². The van der Waals surface area contributed by atoms with Crippen LogP contribution in [0.25, 0.3) is 11.1 Å². The van der Waals surface area contributed by atoms with E-state index in [1.54, 1.807) is 12.1 Å². The molecule has 1 unspecified atom stereocenters. The number of carboxylic acids is 2. The third kappa shape index (κ3) is 6.29. The van der Waals surface area contributed by atoms with E-state index >= 15 is 0 Å². The molecule has 0 saturated heterocycles. The molecule has 6 heteroatoms. The van der Waals surface area contributed by atoms with Gasteiger partial charge in [-0.05, 0) is 29.7 Å². The smallest absolute Gasteiger partial charge is 0.335 e. The van der Waals surface area contributed by atoms with Crippen molar-refractivity contribution in [2.45, 2.75) is 12.5 Å². The Morgan fingerprint density at radius 1 is 0.913 bits per heavy atom. The lowest BCUT2D eigenvalue weighted by atomic mass is 10.0. The Kier molecular flexibility index (Phi) is 7.45. The maximum Gasteiger partial charge on any atom is 0.335 e. The lowest BCUT2D eigenvalue weighted by Gasteiger charge is -2.01. The molecule has 1 atom stereocenters. The first-order chi connectivity index (χ1) is 11.0. The van der Waals surface area contributed by atoms with Gasteiger partial charge >= 0.3 is 11.9 Å². The van der Waals surface area contributed by atoms with E-state index in [4.69, 9.17) is 21.1 Å². The number of carboxylic acid groups (broad SMARTS) is 2. The van der Waals surface area contributed by atoms with Gasteiger partial charge in [-0.15, -0.1) is 0 Å². The summed E-state index contributed by atoms with van der Waals surface area (Å²) in [7, 11) is 0. The summed E-state index contributed by atoms with van der Waals surface area (Å²) in [6.07, 6.45) is 0.120. The normalized spacial score (nSPS) is 11.0. The summed E-state index contributed by atoms with van der Waals surface area (Å²) in [5.74, 6) is -1.96. The van der Waals surface area contributed by atoms with Gasteiger partial charge in [-0.1, -0.05) is 42.5 Å². The fraction of sp³-hybridized carbons (Fsp3) is 0.176. The molecule has 0 aliphatic carbocycles. The minimum atomic E-state index is -1.07. The predicted molar refractivity (Wildman–Crippen MR) is 86.2 cm³/mol. The third-order valence-electron chi connectivity index (χ3n) is 3.00. The first-order valence-corrected chi connectivity index (χ1v) is 6.93. The molecule has 0 aliphatic rings. The van der Waals surface area contributed by atoms with Crippen LogP contribution in [0.2, 0.25) is 0 Å². The fourth-order valence-electron chi connectivity index (χ4n) is 1.70. The fourth-order valence-corrected chi connectivity index (χ4v) is 1.70. The number of rotatable bonds is 5. The molecular weight excluding hydrogens is 298 g/mol. The quantitative estimate of drug-likeness (QED) is 0.667. The molecule has 5 N–H and O–H groups in total. The van der Waals surface area contributed by atoms with Gasteiger partial charge in [0.05, 0.1) is 5.56 Å². The molecule has 23 heavy (non-hydrogen) atoms. The molecule has 0 amide bonds. The summed E-state index contributed by atoms with van der Waals surface area (Å²) < 4.78 is 0. The second-order valence-corrected chi connectivity index (χ2v) is 4.71. The van der Waals surface area contributed by atoms with Crippen LogP contribution in [-0.2, 0) is 4.79 Å². The molecule has 0 bridgehead atoms. The van der Waals surface area contributed by atoms with Crippen molar-refractivity contribution < 1.29 is 24.9 Å². The van der Waals surface area contributed by atoms with Gasteiger partial charge in [-0.3, -0.25) is 4.79 Å². The Bertz CT molecular complexity index is 625. The van der Waals surface area contributed by atoms with Gasteiger partial charge in [0.1, 0.15) is 6.04 Å². The van der Waals surface area contributed by atoms with E-state index in [0.717, 1.165) is 11.1 Å². The number of benzene rings is 2. The van der Waals surface area contributed by atoms with Crippen LogP contribution in [0.3, 0.4) is 0 Å². The van der Waals surface area contributed by atoms with Crippen molar-refractivity contribution in [2.24, 2.45) is 5.73 Å². The van der Waals surface area contributed by atoms with E-state index in [1.807, 2.05) is 42.5 Å². The molecule has 122 valence electrons. The molecule has 0 aromatic heterocycles. The van der Waals surface area contributed by atoms with E-state index in [0.29, 0.717) is 5.56 Å². The number of aliphatic carboxylic acids is 1. The van der Waals surface area contributed by atoms with Crippen LogP contribution in [-0.4, -0.2) is 39.9 Å². The van der Waals surface area contributed by atoms with Crippen LogP contribution in [0.1, 0.15) is 16.8 Å². The van der Waals surface area contributed by atoms with Gasteiger partial charge in [0.15, 0.2) is 0 Å². The summed E-state index contributed by atoms with van der Waals surface area (Å²) in [6, 6.07) is 15.8. The minimum Gasteiger partial charge on any atom is -0.480 e. The number of carbonyl (C=O) groups is 2. The second-order valence-electron chi connectivity index (χ2n) is 4.71. The Morgan fingerprint density at radius 2 is 1.43 bits per heavy atom. The number of aliphatic hydroxyl groups excluding tert-OH is 1. The Balaban J connectivity index is 0.000000284. The van der Waals surface area contributed by atoms with Gasteiger partial charge in [0, 0.05) is 6.61 Å². The molecule has 2 rings (SSSR count). The SMILES string of the molecule is NC(CCO)C(=O)O.O=C(O)c1ccc(-c2ccccc2)cc1. The van der Waals surface area contributed by atoms with Crippen molar-refractivity contribution in [2.75, 3.05) is 6.61 Å². The summed E-state index contributed by atoms with van der Waals surface area (Å²) in [5.41, 5.74) is 7.40. The molecule has 0 heterocycles. The highest BCUT2D eigenvalue weighted by Gasteiger charge is 2.08. The molecule has 6 nitrogen and oxygen atoms in total. The largest absolute Gasteiger partial charge is 0.480 e. The standard InChI is InChI=1S/C13H10O2.C4H9NO3/c14-13(15)12-8-6-11(7-9-12)10-4-2-1-3-5-10;5-3(1-2-6)4(7)8/h1-9H,(H,14,15);3,6H,1-2,5H2,(H,7,8). The molecule has 0 aliphatic heterocycles. The van der Waals surface area contributed by atoms with Gasteiger partial charge < -0.3 is 21.1 Å². The topological polar surface area (TPSA) is 121 Å². The predicted octanol–water partition coefficient (Wildman–Crippen LogP) is 1.83. The average Bonchev–Trinajstić information content (AvgIpc) is 2.56. The van der Waals surface area contributed by atoms with Crippen molar-refractivity contribution >= 4 is 11.9 Å². The second kappa shape index (κ2) is 9.34. The van der Waals surface area contributed by atoms with Crippen molar-refractivity contribution in [1.82, 2.24) is 0 Å². The highest BCUT2D eigenvalue weighted by Crippen LogP contribution is 2.18. The maximum absolute atomic E-state index is 10.6. The molecule has 2 aromatic carbocycles. The molecular formula is C17H19NO5. The van der Waals surface area contributed by atoms with Gasteiger partial charge in [-0.2, -0.15) is 0 Å². The Morgan fingerprint density at radius 3 is 1.83 bits per heavy atom. The summed E-state index contributed by atoms with van der Waals surface area (Å²) in [6.45, 7) is -0.173. The van der Waals surface area contributed by atoms with Crippen molar-refractivity contribution in [3.8, 4) is 11.1 Å². The van der Waals surface area contributed by atoms with Gasteiger partial charge in [0.25, 0.3) is 0 Å². The molecule has 0 spiro atoms. The first kappa shape index (κ1) is 18.3. The zero-order valence-electron chi connectivity index (χ0n) is 12.4. The monoisotopic (exact) mass is 317 g/mol. The van der Waals surface area contributed by atoms with Crippen LogP contribution < -0.4 is 5.73 Å². The van der Waals surface area contributed by atoms with Gasteiger partial charge in [0.2, 0.25) is 0 Å². The molecule has 0 saturated carbocycles. The zero-order chi connectivity index (χ0) is 17.2. The van der Waals surface area contributed by atoms with Crippen LogP contribution in [0, 0.1) is 0 Å². The molecule has 2 aromatic rings. The van der Waals surface area contributed by atoms with Crippen LogP contribution in [0.15, 0.2) is 54.6 Å². The summed E-state index contributed by atoms with van der Waals surface area (Å²) in [5, 5.41) is 25.0. The highest BCUT2D eigenvalue weighted by molar-refractivity contribution is 5.88. The third-order valence-corrected chi connectivity index (χ3v) is 3.00. The number of aliphatic hydroxyl groups is 1. The maximum atomic E-state index is 10.6. The number of nitrogens with two attached hydrogens (primary N) is 1. The number of hydrogen-bond acceptors (Lipinski definition) is 4. The van der Waals surface area contributed by atoms with E-state index < -0.39 is 18.0 Å². The van der Waals surface area contributed by atoms with Crippen molar-refractivity contribution in [3.63, 3.8) is 0 Å². The van der Waals surface area contributed by atoms with E-state index in [9.17, 15) is 9.59 Å². The van der Waals surface area contributed by atoms with Crippen molar-refractivity contribution in [3.05, 3.63) is 60.2 Å². The van der Waals surface area contributed by atoms with Crippen LogP contribution in [0.4, 0.5) is 0 Å². The van der Waals surface area contributed by atoms with E-state index in [1.165, 1.54) is 0 Å². The summed E-state index contributed by atoms with van der Waals surface area (Å²) >= 11 is 0. The first-order valence-electron chi connectivity index (χ1n) is 6.93. The number of aromatic carboxylic acids is 1. The zero-order valence-corrected chi connectivity index (χ0v) is 12.4. The van der Waals surface area contributed by atoms with Crippen molar-refractivity contribution in [1.29, 1.82) is 0 Å². The highest BCUT2D eigenvalue weighted by atomic mass is 16.4. The van der Waals surface area contributed by atoms with Crippen LogP contribution >= 0.6 is 0 Å². The Hall–Kier alpha value is -2.70. The average molecular weight is 317 g/mol. The summed E-state index contributed by atoms with van der Waals surface area (Å²) in [4.78, 5) is 20.5. The lowest BCUT2D eigenvalue weighted by Crippen LogP contribution is -2.30. The number of hydrogen-bond donors (Lipinski definition) is 4. The lowest BCUT2D eigenvalue weighted by molar-refractivity contribution is -0.138. The minimum absolute atomic E-state index is 0.120. The van der Waals surface area contributed by atoms with Gasteiger partial charge in [-0.25, -0.2) is 4.79 Å². The van der Waals surface area contributed by atoms with E-state index in [-0.39, 0.29) is 13.0 Å². The molecule has 0 radical (unpaired) electrons. The Labute approximate surface area is 133 Å². The van der Waals surface area contributed by atoms with E-state index in [2.05, 4.69) is 0 Å². The molecule has 0 fully saturated rings.